The second kappa shape index (κ2) is 12.4. The predicted octanol–water partition coefficient (Wildman–Crippen LogP) is 5.59. The summed E-state index contributed by atoms with van der Waals surface area (Å²) in [5.74, 6) is 0.994. The first kappa shape index (κ1) is 28.1. The third-order valence-corrected chi connectivity index (χ3v) is 6.45. The van der Waals surface area contributed by atoms with Crippen LogP contribution in [0.25, 0.3) is 11.2 Å². The van der Waals surface area contributed by atoms with E-state index in [0.29, 0.717) is 52.8 Å². The molecule has 0 radical (unpaired) electrons. The molecule has 2 aromatic heterocycles. The van der Waals surface area contributed by atoms with Gasteiger partial charge < -0.3 is 30.2 Å². The van der Waals surface area contributed by atoms with Crippen molar-refractivity contribution < 1.29 is 19.0 Å². The van der Waals surface area contributed by atoms with Crippen molar-refractivity contribution in [2.75, 3.05) is 12.3 Å². The summed E-state index contributed by atoms with van der Waals surface area (Å²) < 4.78 is 19.5. The molecule has 0 amide bonds. The van der Waals surface area contributed by atoms with Gasteiger partial charge in [0.15, 0.2) is 11.2 Å². The summed E-state index contributed by atoms with van der Waals surface area (Å²) in [5.41, 5.74) is 14.7. The number of rotatable bonds is 11. The van der Waals surface area contributed by atoms with E-state index in [1.54, 1.807) is 42.5 Å². The topological polar surface area (TPSA) is 164 Å². The zero-order valence-electron chi connectivity index (χ0n) is 23.3. The number of nitrogen functional groups attached to an aromatic ring is 2. The Hall–Kier alpha value is -5.45. The molecule has 5 N–H and O–H groups in total. The molecular formula is C31H31N7O4. The first-order valence-electron chi connectivity index (χ1n) is 13.5. The molecule has 0 aliphatic heterocycles. The number of esters is 1. The smallest absolute Gasteiger partial charge is 0.338 e. The van der Waals surface area contributed by atoms with Crippen molar-refractivity contribution in [3.63, 3.8) is 0 Å². The monoisotopic (exact) mass is 565 g/mol. The number of hydrogen-bond acceptors (Lipinski definition) is 9. The quantitative estimate of drug-likeness (QED) is 0.0608. The summed E-state index contributed by atoms with van der Waals surface area (Å²) in [4.78, 5) is 26.4. The highest BCUT2D eigenvalue weighted by molar-refractivity contribution is 6.00. The van der Waals surface area contributed by atoms with E-state index in [4.69, 9.17) is 36.1 Å². The van der Waals surface area contributed by atoms with Crippen LogP contribution in [0.3, 0.4) is 0 Å². The van der Waals surface area contributed by atoms with Gasteiger partial charge in [0.2, 0.25) is 0 Å². The first-order valence-corrected chi connectivity index (χ1v) is 13.5. The highest BCUT2D eigenvalue weighted by atomic mass is 16.5. The van der Waals surface area contributed by atoms with Crippen LogP contribution in [0.5, 0.6) is 23.4 Å². The van der Waals surface area contributed by atoms with Gasteiger partial charge in [0.25, 0.3) is 5.88 Å². The molecule has 214 valence electrons. The molecule has 5 rings (SSSR count). The van der Waals surface area contributed by atoms with Gasteiger partial charge in [-0.25, -0.2) is 9.78 Å². The SMILES string of the molecule is CCCCOC(=O)c1cccc(Oc2nc(Oc3ccc(C(=N)N)c(N)c3)c3nc(C)n(Cc4ccccc4)c3n2)c1. The van der Waals surface area contributed by atoms with Crippen molar-refractivity contribution in [1.29, 1.82) is 5.41 Å². The maximum atomic E-state index is 12.5. The van der Waals surface area contributed by atoms with Crippen molar-refractivity contribution >= 4 is 28.7 Å². The van der Waals surface area contributed by atoms with Gasteiger partial charge in [-0.1, -0.05) is 49.7 Å². The zero-order chi connectivity index (χ0) is 29.6. The van der Waals surface area contributed by atoms with Crippen LogP contribution in [0.4, 0.5) is 5.69 Å². The third kappa shape index (κ3) is 6.30. The van der Waals surface area contributed by atoms with Crippen LogP contribution in [0, 0.1) is 12.3 Å². The van der Waals surface area contributed by atoms with E-state index in [-0.39, 0.29) is 23.4 Å². The summed E-state index contributed by atoms with van der Waals surface area (Å²) in [7, 11) is 0. The molecule has 0 unspecified atom stereocenters. The minimum atomic E-state index is -0.433. The number of ether oxygens (including phenoxy) is 3. The van der Waals surface area contributed by atoms with Crippen molar-refractivity contribution in [2.45, 2.75) is 33.2 Å². The van der Waals surface area contributed by atoms with Crippen LogP contribution in [-0.2, 0) is 11.3 Å². The van der Waals surface area contributed by atoms with Gasteiger partial charge >= 0.3 is 12.0 Å². The summed E-state index contributed by atoms with van der Waals surface area (Å²) >= 11 is 0. The lowest BCUT2D eigenvalue weighted by Crippen LogP contribution is -2.13. The largest absolute Gasteiger partial charge is 0.462 e. The van der Waals surface area contributed by atoms with Gasteiger partial charge in [-0.05, 0) is 49.2 Å². The maximum absolute atomic E-state index is 12.5. The number of anilines is 1. The molecule has 0 aliphatic rings. The highest BCUT2D eigenvalue weighted by Crippen LogP contribution is 2.32. The molecule has 0 aliphatic carbocycles. The van der Waals surface area contributed by atoms with Crippen LogP contribution < -0.4 is 20.9 Å². The number of nitrogens with zero attached hydrogens (tertiary/aromatic N) is 4. The standard InChI is InChI=1S/C31H31N7O4/c1-3-4-15-40-30(39)21-11-8-12-22(16-21)42-31-36-28-26(35-19(2)38(28)18-20-9-6-5-7-10-20)29(37-31)41-23-13-14-24(27(33)34)25(32)17-23/h5-14,16-17H,3-4,15,18,32H2,1-2H3,(H3,33,34). The van der Waals surface area contributed by atoms with Crippen LogP contribution in [0.2, 0.25) is 0 Å². The van der Waals surface area contributed by atoms with Gasteiger partial charge in [-0.2, -0.15) is 9.97 Å². The molecule has 0 saturated carbocycles. The average Bonchev–Trinajstić information content (AvgIpc) is 3.28. The Morgan fingerprint density at radius 2 is 1.74 bits per heavy atom. The van der Waals surface area contributed by atoms with Crippen LogP contribution in [0.1, 0.15) is 47.1 Å². The van der Waals surface area contributed by atoms with Crippen LogP contribution in [0.15, 0.2) is 72.8 Å². The normalized spacial score (nSPS) is 10.9. The summed E-state index contributed by atoms with van der Waals surface area (Å²) in [6.07, 6.45) is 1.71. The lowest BCUT2D eigenvalue weighted by atomic mass is 10.1. The number of aryl methyl sites for hydroxylation is 1. The molecule has 3 aromatic carbocycles. The van der Waals surface area contributed by atoms with E-state index in [1.165, 1.54) is 0 Å². The summed E-state index contributed by atoms with van der Waals surface area (Å²) in [6.45, 7) is 4.77. The maximum Gasteiger partial charge on any atom is 0.338 e. The number of benzene rings is 3. The Labute approximate surface area is 242 Å². The minimum absolute atomic E-state index is 0.00320. The molecule has 42 heavy (non-hydrogen) atoms. The van der Waals surface area contributed by atoms with Crippen LogP contribution in [-0.4, -0.2) is 37.9 Å². The molecule has 0 fully saturated rings. The fourth-order valence-electron chi connectivity index (χ4n) is 4.28. The number of nitrogens with one attached hydrogen (secondary N) is 1. The number of carbonyl (C=O) groups is 1. The van der Waals surface area contributed by atoms with E-state index in [1.807, 2.05) is 48.7 Å². The zero-order valence-corrected chi connectivity index (χ0v) is 23.3. The number of nitrogens with two attached hydrogens (primary N) is 2. The van der Waals surface area contributed by atoms with Crippen molar-refractivity contribution in [3.05, 3.63) is 95.3 Å². The predicted molar refractivity (Wildman–Crippen MR) is 159 cm³/mol. The van der Waals surface area contributed by atoms with Gasteiger partial charge in [0, 0.05) is 17.3 Å². The molecule has 5 aromatic rings. The Balaban J connectivity index is 1.53. The number of fused-ring (bicyclic) bond motifs is 1. The Bertz CT molecular complexity index is 1750. The summed E-state index contributed by atoms with van der Waals surface area (Å²) in [5, 5.41) is 7.69. The van der Waals surface area contributed by atoms with Crippen LogP contribution >= 0.6 is 0 Å². The molecule has 0 saturated heterocycles. The number of imidazole rings is 1. The third-order valence-electron chi connectivity index (χ3n) is 6.45. The Kier molecular flexibility index (Phi) is 8.28. The molecule has 0 bridgehead atoms. The van der Waals surface area contributed by atoms with E-state index in [9.17, 15) is 4.79 Å². The van der Waals surface area contributed by atoms with Gasteiger partial charge in [-0.3, -0.25) is 5.41 Å². The lowest BCUT2D eigenvalue weighted by Gasteiger charge is -2.12. The van der Waals surface area contributed by atoms with Gasteiger partial charge in [-0.15, -0.1) is 0 Å². The van der Waals surface area contributed by atoms with Gasteiger partial charge in [0.05, 0.1) is 18.7 Å². The molecule has 11 nitrogen and oxygen atoms in total. The summed E-state index contributed by atoms with van der Waals surface area (Å²) in [6, 6.07) is 21.4. The number of hydrogen-bond donors (Lipinski definition) is 3. The molecule has 0 atom stereocenters. The van der Waals surface area contributed by atoms with Gasteiger partial charge in [0.1, 0.15) is 23.2 Å². The number of amidine groups is 1. The van der Waals surface area contributed by atoms with E-state index >= 15 is 0 Å². The number of aromatic nitrogens is 4. The first-order chi connectivity index (χ1) is 20.3. The number of unbranched alkanes of at least 4 members (excludes halogenated alkanes) is 1. The molecule has 11 heteroatoms. The lowest BCUT2D eigenvalue weighted by molar-refractivity contribution is 0.0499. The van der Waals surface area contributed by atoms with Crippen molar-refractivity contribution in [1.82, 2.24) is 19.5 Å². The fraction of sp³-hybridized carbons (Fsp3) is 0.194. The molecule has 0 spiro atoms. The molecular weight excluding hydrogens is 534 g/mol. The van der Waals surface area contributed by atoms with Crippen molar-refractivity contribution in [2.24, 2.45) is 5.73 Å². The second-order valence-corrected chi connectivity index (χ2v) is 9.60. The van der Waals surface area contributed by atoms with E-state index in [2.05, 4.69) is 9.97 Å². The average molecular weight is 566 g/mol. The van der Waals surface area contributed by atoms with Crippen molar-refractivity contribution in [3.8, 4) is 23.4 Å². The molecule has 2 heterocycles. The number of carbonyl (C=O) groups excluding carboxylic acids is 1. The van der Waals surface area contributed by atoms with E-state index in [0.717, 1.165) is 18.4 Å². The minimum Gasteiger partial charge on any atom is -0.462 e. The highest BCUT2D eigenvalue weighted by Gasteiger charge is 2.20. The Morgan fingerprint density at radius 3 is 2.48 bits per heavy atom. The fourth-order valence-corrected chi connectivity index (χ4v) is 4.28. The Morgan fingerprint density at radius 1 is 0.952 bits per heavy atom. The second-order valence-electron chi connectivity index (χ2n) is 9.60. The van der Waals surface area contributed by atoms with E-state index < -0.39 is 5.97 Å².